The van der Waals surface area contributed by atoms with Gasteiger partial charge in [-0.2, -0.15) is 0 Å². The molecule has 1 aliphatic carbocycles. The zero-order valence-electron chi connectivity index (χ0n) is 23.1. The van der Waals surface area contributed by atoms with E-state index in [4.69, 9.17) is 4.74 Å². The first-order valence-electron chi connectivity index (χ1n) is 14.2. The molecule has 3 rings (SSSR count). The molecule has 2 fully saturated rings. The fraction of sp³-hybridized carbons (Fsp3) is 0.655. The molecule has 0 unspecified atom stereocenters. The van der Waals surface area contributed by atoms with E-state index >= 15 is 0 Å². The standard InChI is InChI=1S/C29H44N4O6/c1-19(2)25(33-29(38)39-18-21-11-7-4-8-12-21)28(37)32-24(15-20-9-5-3-6-10-20)27(36)31-23(17-34)16-22-13-14-30-26(22)35/h4,7-8,11-12,19-20,22-25,34H,3,5-6,9-10,13-18H2,1-2H3,(H,30,35)(H,31,36)(H,32,37)(H,33,38)/t22-,23-,24-,25-/m0/s1. The average Bonchev–Trinajstić information content (AvgIpc) is 3.34. The van der Waals surface area contributed by atoms with E-state index in [-0.39, 0.29) is 36.9 Å². The van der Waals surface area contributed by atoms with Crippen molar-refractivity contribution in [1.82, 2.24) is 21.3 Å². The molecule has 1 aromatic carbocycles. The van der Waals surface area contributed by atoms with Crippen LogP contribution in [0, 0.1) is 17.8 Å². The lowest BCUT2D eigenvalue weighted by molar-refractivity contribution is -0.131. The van der Waals surface area contributed by atoms with Crippen LogP contribution in [-0.2, 0) is 25.7 Å². The minimum Gasteiger partial charge on any atom is -0.445 e. The third-order valence-electron chi connectivity index (χ3n) is 7.66. The van der Waals surface area contributed by atoms with Crippen molar-refractivity contribution in [1.29, 1.82) is 0 Å². The van der Waals surface area contributed by atoms with Crippen LogP contribution in [0.15, 0.2) is 30.3 Å². The van der Waals surface area contributed by atoms with E-state index in [1.165, 1.54) is 6.42 Å². The van der Waals surface area contributed by atoms with Gasteiger partial charge in [0.25, 0.3) is 0 Å². The molecule has 4 amide bonds. The third-order valence-corrected chi connectivity index (χ3v) is 7.66. The van der Waals surface area contributed by atoms with Crippen LogP contribution in [0.25, 0.3) is 0 Å². The first-order chi connectivity index (χ1) is 18.8. The molecule has 0 spiro atoms. The van der Waals surface area contributed by atoms with Gasteiger partial charge in [-0.05, 0) is 36.7 Å². The molecule has 1 saturated heterocycles. The number of carbonyl (C=O) groups is 4. The number of nitrogens with one attached hydrogen (secondary N) is 4. The Morgan fingerprint density at radius 1 is 0.974 bits per heavy atom. The summed E-state index contributed by atoms with van der Waals surface area (Å²) >= 11 is 0. The summed E-state index contributed by atoms with van der Waals surface area (Å²) in [4.78, 5) is 51.3. The molecular formula is C29H44N4O6. The van der Waals surface area contributed by atoms with E-state index < -0.39 is 30.1 Å². The number of alkyl carbamates (subject to hydrolysis) is 1. The topological polar surface area (TPSA) is 146 Å². The molecule has 216 valence electrons. The van der Waals surface area contributed by atoms with E-state index in [0.717, 1.165) is 31.2 Å². The van der Waals surface area contributed by atoms with E-state index in [1.54, 1.807) is 0 Å². The number of hydrogen-bond acceptors (Lipinski definition) is 6. The minimum absolute atomic E-state index is 0.0697. The number of benzene rings is 1. The molecular weight excluding hydrogens is 500 g/mol. The maximum atomic E-state index is 13.4. The molecule has 10 nitrogen and oxygen atoms in total. The van der Waals surface area contributed by atoms with Gasteiger partial charge in [0.1, 0.15) is 18.7 Å². The van der Waals surface area contributed by atoms with Gasteiger partial charge < -0.3 is 31.1 Å². The maximum Gasteiger partial charge on any atom is 0.408 e. The van der Waals surface area contributed by atoms with Crippen LogP contribution in [0.4, 0.5) is 4.79 Å². The maximum absolute atomic E-state index is 13.4. The molecule has 4 atom stereocenters. The van der Waals surface area contributed by atoms with Gasteiger partial charge in [-0.15, -0.1) is 0 Å². The first kappa shape index (κ1) is 30.4. The van der Waals surface area contributed by atoms with Crippen molar-refractivity contribution in [3.05, 3.63) is 35.9 Å². The van der Waals surface area contributed by atoms with Crippen molar-refractivity contribution in [2.24, 2.45) is 17.8 Å². The monoisotopic (exact) mass is 544 g/mol. The third kappa shape index (κ3) is 9.84. The van der Waals surface area contributed by atoms with Crippen molar-refractivity contribution in [3.63, 3.8) is 0 Å². The Morgan fingerprint density at radius 2 is 1.69 bits per heavy atom. The van der Waals surface area contributed by atoms with Crippen molar-refractivity contribution in [3.8, 4) is 0 Å². The van der Waals surface area contributed by atoms with Crippen molar-refractivity contribution >= 4 is 23.8 Å². The summed E-state index contributed by atoms with van der Waals surface area (Å²) in [5.74, 6) is -1.14. The van der Waals surface area contributed by atoms with Crippen molar-refractivity contribution in [2.75, 3.05) is 13.2 Å². The Balaban J connectivity index is 1.63. The smallest absolute Gasteiger partial charge is 0.408 e. The summed E-state index contributed by atoms with van der Waals surface area (Å²) in [6.07, 6.45) is 6.08. The van der Waals surface area contributed by atoms with Gasteiger partial charge in [0.2, 0.25) is 17.7 Å². The Bertz CT molecular complexity index is 950. The number of carbonyl (C=O) groups excluding carboxylic acids is 4. The quantitative estimate of drug-likeness (QED) is 0.258. The van der Waals surface area contributed by atoms with Gasteiger partial charge in [0.05, 0.1) is 12.6 Å². The lowest BCUT2D eigenvalue weighted by Gasteiger charge is -2.30. The molecule has 0 radical (unpaired) electrons. The zero-order chi connectivity index (χ0) is 28.2. The van der Waals surface area contributed by atoms with Crippen molar-refractivity contribution in [2.45, 2.75) is 89.9 Å². The van der Waals surface area contributed by atoms with Gasteiger partial charge in [-0.1, -0.05) is 76.3 Å². The summed E-state index contributed by atoms with van der Waals surface area (Å²) < 4.78 is 5.30. The molecule has 1 aliphatic heterocycles. The van der Waals surface area contributed by atoms with E-state index in [9.17, 15) is 24.3 Å². The number of hydrogen-bond donors (Lipinski definition) is 5. The lowest BCUT2D eigenvalue weighted by atomic mass is 9.84. The largest absolute Gasteiger partial charge is 0.445 e. The molecule has 2 aliphatic rings. The highest BCUT2D eigenvalue weighted by atomic mass is 16.5. The number of aliphatic hydroxyl groups is 1. The Labute approximate surface area is 231 Å². The first-order valence-corrected chi connectivity index (χ1v) is 14.2. The van der Waals surface area contributed by atoms with Crippen LogP contribution < -0.4 is 21.3 Å². The number of amides is 4. The molecule has 39 heavy (non-hydrogen) atoms. The molecule has 10 heteroatoms. The van der Waals surface area contributed by atoms with E-state index in [1.807, 2.05) is 44.2 Å². The van der Waals surface area contributed by atoms with E-state index in [2.05, 4.69) is 21.3 Å². The summed E-state index contributed by atoms with van der Waals surface area (Å²) in [5.41, 5.74) is 0.830. The second-order valence-corrected chi connectivity index (χ2v) is 11.1. The van der Waals surface area contributed by atoms with Gasteiger partial charge in [0, 0.05) is 12.5 Å². The Morgan fingerprint density at radius 3 is 2.31 bits per heavy atom. The van der Waals surface area contributed by atoms with Crippen LogP contribution in [-0.4, -0.2) is 60.2 Å². The minimum atomic E-state index is -0.897. The highest BCUT2D eigenvalue weighted by Crippen LogP contribution is 2.27. The predicted molar refractivity (Wildman–Crippen MR) is 146 cm³/mol. The van der Waals surface area contributed by atoms with Crippen LogP contribution in [0.5, 0.6) is 0 Å². The second-order valence-electron chi connectivity index (χ2n) is 11.1. The highest BCUT2D eigenvalue weighted by molar-refractivity contribution is 5.91. The normalized spacial score (nSPS) is 20.0. The zero-order valence-corrected chi connectivity index (χ0v) is 23.1. The number of ether oxygens (including phenoxy) is 1. The molecule has 1 saturated carbocycles. The molecule has 1 aromatic rings. The van der Waals surface area contributed by atoms with Gasteiger partial charge in [-0.25, -0.2) is 4.79 Å². The Kier molecular flexibility index (Phi) is 12.0. The fourth-order valence-corrected chi connectivity index (χ4v) is 5.37. The summed E-state index contributed by atoms with van der Waals surface area (Å²) in [6, 6.07) is 6.94. The van der Waals surface area contributed by atoms with Gasteiger partial charge in [-0.3, -0.25) is 14.4 Å². The SMILES string of the molecule is CC(C)[C@H](NC(=O)OCc1ccccc1)C(=O)N[C@@H](CC1CCCCC1)C(=O)N[C@H](CO)C[C@@H]1CCNC1=O. The van der Waals surface area contributed by atoms with Gasteiger partial charge >= 0.3 is 6.09 Å². The molecule has 0 aromatic heterocycles. The van der Waals surface area contributed by atoms with Crippen molar-refractivity contribution < 1.29 is 29.0 Å². The number of rotatable bonds is 13. The van der Waals surface area contributed by atoms with E-state index in [0.29, 0.717) is 31.7 Å². The summed E-state index contributed by atoms with van der Waals surface area (Å²) in [6.45, 7) is 3.99. The van der Waals surface area contributed by atoms with Crippen LogP contribution >= 0.6 is 0 Å². The molecule has 1 heterocycles. The van der Waals surface area contributed by atoms with Gasteiger partial charge in [0.15, 0.2) is 0 Å². The Hall–Kier alpha value is -3.14. The fourth-order valence-electron chi connectivity index (χ4n) is 5.37. The molecule has 5 N–H and O–H groups in total. The summed E-state index contributed by atoms with van der Waals surface area (Å²) in [7, 11) is 0. The second kappa shape index (κ2) is 15.5. The molecule has 0 bridgehead atoms. The number of aliphatic hydroxyl groups excluding tert-OH is 1. The van der Waals surface area contributed by atoms with Crippen LogP contribution in [0.1, 0.15) is 70.8 Å². The van der Waals surface area contributed by atoms with Crippen LogP contribution in [0.3, 0.4) is 0 Å². The highest BCUT2D eigenvalue weighted by Gasteiger charge is 2.33. The average molecular weight is 545 g/mol. The predicted octanol–water partition coefficient (Wildman–Crippen LogP) is 2.40. The lowest BCUT2D eigenvalue weighted by Crippen LogP contribution is -2.57. The van der Waals surface area contributed by atoms with Crippen LogP contribution in [0.2, 0.25) is 0 Å². The summed E-state index contributed by atoms with van der Waals surface area (Å²) in [5, 5.41) is 21.1.